The van der Waals surface area contributed by atoms with Crippen LogP contribution in [0, 0.1) is 0 Å². The summed E-state index contributed by atoms with van der Waals surface area (Å²) < 4.78 is 0. The average molecular weight is 446 g/mol. The summed E-state index contributed by atoms with van der Waals surface area (Å²) in [4.78, 5) is 37.9. The second kappa shape index (κ2) is 9.28. The van der Waals surface area contributed by atoms with Gasteiger partial charge in [-0.25, -0.2) is 4.98 Å². The van der Waals surface area contributed by atoms with Gasteiger partial charge in [0, 0.05) is 28.5 Å². The predicted octanol–water partition coefficient (Wildman–Crippen LogP) is 4.37. The summed E-state index contributed by atoms with van der Waals surface area (Å²) in [7, 11) is 0. The highest BCUT2D eigenvalue weighted by Gasteiger charge is 2.21. The Morgan fingerprint density at radius 1 is 1.41 bits per heavy atom. The van der Waals surface area contributed by atoms with Gasteiger partial charge >= 0.3 is 0 Å². The second-order valence-electron chi connectivity index (χ2n) is 7.00. The number of rotatable bonds is 9. The highest BCUT2D eigenvalue weighted by atomic mass is 32.2. The van der Waals surface area contributed by atoms with E-state index in [0.29, 0.717) is 36.8 Å². The molecule has 1 amide bonds. The molecule has 3 heterocycles. The fourth-order valence-electron chi connectivity index (χ4n) is 3.60. The van der Waals surface area contributed by atoms with E-state index in [2.05, 4.69) is 16.5 Å². The number of nitrogens with one attached hydrogen (secondary N) is 1. The minimum atomic E-state index is -0.0193. The van der Waals surface area contributed by atoms with E-state index in [4.69, 9.17) is 0 Å². The van der Waals surface area contributed by atoms with Gasteiger partial charge in [-0.2, -0.15) is 11.8 Å². The number of thiophene rings is 2. The molecule has 0 radical (unpaired) electrons. The van der Waals surface area contributed by atoms with Crippen molar-refractivity contribution in [2.75, 3.05) is 12.3 Å². The molecule has 29 heavy (non-hydrogen) atoms. The van der Waals surface area contributed by atoms with Crippen molar-refractivity contribution in [3.8, 4) is 0 Å². The van der Waals surface area contributed by atoms with E-state index in [0.717, 1.165) is 29.5 Å². The molecule has 0 unspecified atom stereocenters. The monoisotopic (exact) mass is 445 g/mol. The third-order valence-electron chi connectivity index (χ3n) is 4.95. The van der Waals surface area contributed by atoms with E-state index in [1.165, 1.54) is 15.3 Å². The van der Waals surface area contributed by atoms with Gasteiger partial charge in [-0.15, -0.1) is 29.3 Å². The molecule has 4 rings (SSSR count). The maximum absolute atomic E-state index is 12.6. The molecule has 0 atom stereocenters. The number of carbonyl (C=O) groups is 1. The fourth-order valence-corrected chi connectivity index (χ4v) is 6.40. The first-order valence-corrected chi connectivity index (χ1v) is 12.5. The van der Waals surface area contributed by atoms with E-state index in [1.807, 2.05) is 22.4 Å². The lowest BCUT2D eigenvalue weighted by Gasteiger charge is -2.20. The number of aromatic nitrogens is 2. The minimum Gasteiger partial charge on any atom is -0.334 e. The van der Waals surface area contributed by atoms with Crippen LogP contribution >= 0.6 is 34.4 Å². The summed E-state index contributed by atoms with van der Waals surface area (Å²) in [6, 6.07) is 4.04. The van der Waals surface area contributed by atoms with Crippen LogP contribution in [0.3, 0.4) is 0 Å². The number of amides is 1. The Hall–Kier alpha value is -1.90. The molecule has 0 fully saturated rings. The summed E-state index contributed by atoms with van der Waals surface area (Å²) in [6.07, 6.45) is 5.42. The van der Waals surface area contributed by atoms with Crippen molar-refractivity contribution < 1.29 is 4.79 Å². The number of carbonyl (C=O) groups excluding carboxylic acids is 1. The normalized spacial score (nSPS) is 13.0. The highest BCUT2D eigenvalue weighted by Crippen LogP contribution is 2.34. The fraction of sp³-hybridized carbons (Fsp3) is 0.381. The first kappa shape index (κ1) is 20.4. The van der Waals surface area contributed by atoms with Crippen LogP contribution in [0.5, 0.6) is 0 Å². The average Bonchev–Trinajstić information content (AvgIpc) is 3.42. The van der Waals surface area contributed by atoms with Gasteiger partial charge in [-0.1, -0.05) is 12.1 Å². The van der Waals surface area contributed by atoms with Crippen LogP contribution in [0.4, 0.5) is 0 Å². The first-order valence-electron chi connectivity index (χ1n) is 9.68. The van der Waals surface area contributed by atoms with Crippen LogP contribution < -0.4 is 5.56 Å². The van der Waals surface area contributed by atoms with Gasteiger partial charge in [0.1, 0.15) is 10.7 Å². The van der Waals surface area contributed by atoms with Crippen LogP contribution in [-0.2, 0) is 29.9 Å². The molecular weight excluding hydrogens is 422 g/mol. The molecule has 0 aliphatic heterocycles. The lowest BCUT2D eigenvalue weighted by atomic mass is 10.2. The number of H-pyrrole nitrogens is 1. The highest BCUT2D eigenvalue weighted by molar-refractivity contribution is 7.98. The van der Waals surface area contributed by atoms with Crippen LogP contribution in [0.2, 0.25) is 0 Å². The molecule has 0 saturated heterocycles. The maximum atomic E-state index is 12.6. The Bertz CT molecular complexity index is 1070. The van der Waals surface area contributed by atoms with Gasteiger partial charge in [-0.3, -0.25) is 9.59 Å². The van der Waals surface area contributed by atoms with Gasteiger partial charge in [0.2, 0.25) is 5.91 Å². The zero-order valence-electron chi connectivity index (χ0n) is 16.1. The van der Waals surface area contributed by atoms with Crippen molar-refractivity contribution in [1.29, 1.82) is 0 Å². The van der Waals surface area contributed by atoms with E-state index >= 15 is 0 Å². The van der Waals surface area contributed by atoms with Gasteiger partial charge in [0.15, 0.2) is 0 Å². The van der Waals surface area contributed by atoms with Gasteiger partial charge in [0.05, 0.1) is 17.7 Å². The number of fused-ring (bicyclic) bond motifs is 3. The van der Waals surface area contributed by atoms with Crippen LogP contribution in [-0.4, -0.2) is 33.1 Å². The molecule has 3 aromatic rings. The van der Waals surface area contributed by atoms with Crippen molar-refractivity contribution in [1.82, 2.24) is 14.9 Å². The molecule has 1 aliphatic carbocycles. The van der Waals surface area contributed by atoms with Crippen molar-refractivity contribution in [3.05, 3.63) is 61.7 Å². The van der Waals surface area contributed by atoms with Crippen molar-refractivity contribution in [2.24, 2.45) is 0 Å². The molecule has 3 aromatic heterocycles. The summed E-state index contributed by atoms with van der Waals surface area (Å²) in [5, 5.41) is 2.81. The topological polar surface area (TPSA) is 66.1 Å². The summed E-state index contributed by atoms with van der Waals surface area (Å²) in [6.45, 7) is 4.94. The van der Waals surface area contributed by atoms with E-state index < -0.39 is 0 Å². The van der Waals surface area contributed by atoms with E-state index in [9.17, 15) is 9.59 Å². The molecule has 0 aromatic carbocycles. The number of hydrogen-bond acceptors (Lipinski definition) is 6. The van der Waals surface area contributed by atoms with E-state index in [-0.39, 0.29) is 11.5 Å². The largest absolute Gasteiger partial charge is 0.334 e. The molecule has 152 valence electrons. The lowest BCUT2D eigenvalue weighted by Crippen LogP contribution is -2.30. The molecule has 0 spiro atoms. The quantitative estimate of drug-likeness (QED) is 0.392. The number of aryl methyl sites for hydroxylation is 2. The molecule has 0 saturated carbocycles. The number of thioether (sulfide) groups is 1. The minimum absolute atomic E-state index is 0.0193. The first-order chi connectivity index (χ1) is 14.2. The second-order valence-corrected chi connectivity index (χ2v) is 10.2. The number of hydrogen-bond donors (Lipinski definition) is 1. The Balaban J connectivity index is 1.32. The lowest BCUT2D eigenvalue weighted by molar-refractivity contribution is -0.130. The van der Waals surface area contributed by atoms with Crippen molar-refractivity contribution in [3.63, 3.8) is 0 Å². The molecule has 1 aliphatic rings. The van der Waals surface area contributed by atoms with Gasteiger partial charge in [0.25, 0.3) is 5.56 Å². The zero-order chi connectivity index (χ0) is 20.2. The number of nitrogens with zero attached hydrogens (tertiary/aromatic N) is 2. The molecule has 0 bridgehead atoms. The predicted molar refractivity (Wildman–Crippen MR) is 123 cm³/mol. The third kappa shape index (κ3) is 4.65. The Labute approximate surface area is 181 Å². The van der Waals surface area contributed by atoms with Crippen molar-refractivity contribution >= 4 is 50.6 Å². The standard InChI is InChI=1S/C21H23N3O2S3/c1-2-9-24(12-14-5-4-10-28-14)18(25)8-11-27-13-17-22-20(26)19-15-6-3-7-16(15)29-21(19)23-17/h2,4-5,10H,1,3,6-9,11-13H2,(H,22,23,26). The number of aromatic amines is 1. The van der Waals surface area contributed by atoms with Crippen LogP contribution in [0.25, 0.3) is 10.2 Å². The van der Waals surface area contributed by atoms with Gasteiger partial charge < -0.3 is 9.88 Å². The SMILES string of the molecule is C=CCN(Cc1cccs1)C(=O)CCSCc1nc2sc3c(c2c(=O)[nH]1)CCC3. The van der Waals surface area contributed by atoms with Gasteiger partial charge in [-0.05, 0) is 36.3 Å². The molecule has 8 heteroatoms. The maximum Gasteiger partial charge on any atom is 0.259 e. The van der Waals surface area contributed by atoms with E-state index in [1.54, 1.807) is 40.5 Å². The third-order valence-corrected chi connectivity index (χ3v) is 7.97. The van der Waals surface area contributed by atoms with Crippen LogP contribution in [0.15, 0.2) is 35.0 Å². The zero-order valence-corrected chi connectivity index (χ0v) is 18.6. The molecule has 1 N–H and O–H groups in total. The summed E-state index contributed by atoms with van der Waals surface area (Å²) in [5.74, 6) is 2.12. The van der Waals surface area contributed by atoms with Crippen molar-refractivity contribution in [2.45, 2.75) is 38.0 Å². The van der Waals surface area contributed by atoms with Crippen LogP contribution in [0.1, 0.15) is 34.0 Å². The summed E-state index contributed by atoms with van der Waals surface area (Å²) in [5.41, 5.74) is 1.19. The Kier molecular flexibility index (Phi) is 6.52. The summed E-state index contributed by atoms with van der Waals surface area (Å²) >= 11 is 4.94. The Morgan fingerprint density at radius 2 is 2.31 bits per heavy atom. The Morgan fingerprint density at radius 3 is 3.10 bits per heavy atom. The smallest absolute Gasteiger partial charge is 0.259 e. The molecule has 5 nitrogen and oxygen atoms in total. The molecular formula is C21H23N3O2S3.